The zero-order valence-corrected chi connectivity index (χ0v) is 13.7. The maximum Gasteiger partial charge on any atom is 0.0134 e. The Labute approximate surface area is 127 Å². The van der Waals surface area contributed by atoms with Gasteiger partial charge in [0.1, 0.15) is 0 Å². The summed E-state index contributed by atoms with van der Waals surface area (Å²) in [7, 11) is 0. The van der Waals surface area contributed by atoms with Crippen molar-refractivity contribution in [3.8, 4) is 0 Å². The molecule has 0 saturated heterocycles. The third-order valence-electron chi connectivity index (χ3n) is 3.75. The second-order valence-electron chi connectivity index (χ2n) is 6.14. The van der Waals surface area contributed by atoms with Crippen LogP contribution in [0, 0.1) is 0 Å². The Kier molecular flexibility index (Phi) is 12.6. The maximum atomic E-state index is 5.53. The molecule has 0 aromatic heterocycles. The topological polar surface area (TPSA) is 26.0 Å². The van der Waals surface area contributed by atoms with Crippen LogP contribution >= 0.6 is 0 Å². The zero-order valence-electron chi connectivity index (χ0n) is 13.7. The highest BCUT2D eigenvalue weighted by Gasteiger charge is 1.98. The van der Waals surface area contributed by atoms with Gasteiger partial charge in [-0.3, -0.25) is 0 Å². The molecule has 0 atom stereocenters. The summed E-state index contributed by atoms with van der Waals surface area (Å²) in [6.07, 6.45) is 13.9. The lowest BCUT2D eigenvalue weighted by atomic mass is 10.0. The summed E-state index contributed by atoms with van der Waals surface area (Å²) in [5.74, 6) is 0. The van der Waals surface area contributed by atoms with Crippen LogP contribution in [0.25, 0.3) is 0 Å². The van der Waals surface area contributed by atoms with Gasteiger partial charge in [0.15, 0.2) is 0 Å². The molecular weight excluding hydrogens is 242 g/mol. The van der Waals surface area contributed by atoms with Crippen LogP contribution in [0.5, 0.6) is 0 Å². The van der Waals surface area contributed by atoms with Crippen LogP contribution in [0.4, 0.5) is 0 Å². The fourth-order valence-electron chi connectivity index (χ4n) is 2.27. The van der Waals surface area contributed by atoms with Crippen molar-refractivity contribution in [1.29, 1.82) is 0 Å². The first-order valence-electron chi connectivity index (χ1n) is 8.24. The molecule has 0 bridgehead atoms. The minimum Gasteiger partial charge on any atom is -0.327 e. The fourth-order valence-corrected chi connectivity index (χ4v) is 2.27. The minimum absolute atomic E-state index is 0.610. The Balaban J connectivity index is 3.25. The lowest BCUT2D eigenvalue weighted by molar-refractivity contribution is 0.575. The van der Waals surface area contributed by atoms with Crippen LogP contribution < -0.4 is 5.73 Å². The second-order valence-corrected chi connectivity index (χ2v) is 6.14. The highest BCUT2D eigenvalue weighted by Crippen LogP contribution is 2.16. The smallest absolute Gasteiger partial charge is 0.0134 e. The van der Waals surface area contributed by atoms with E-state index in [9.17, 15) is 0 Å². The summed E-state index contributed by atoms with van der Waals surface area (Å²) < 4.78 is 0. The molecule has 0 amide bonds. The first-order valence-corrected chi connectivity index (χ1v) is 8.24. The Bertz CT molecular complexity index is 288. The summed E-state index contributed by atoms with van der Waals surface area (Å²) in [5.41, 5.74) is 9.35. The third kappa shape index (κ3) is 13.6. The van der Waals surface area contributed by atoms with Gasteiger partial charge in [0.2, 0.25) is 0 Å². The van der Waals surface area contributed by atoms with Gasteiger partial charge in [0.05, 0.1) is 0 Å². The predicted molar refractivity (Wildman–Crippen MR) is 92.9 cm³/mol. The molecule has 1 nitrogen and oxygen atoms in total. The van der Waals surface area contributed by atoms with Gasteiger partial charge in [-0.1, -0.05) is 62.0 Å². The first kappa shape index (κ1) is 19.2. The van der Waals surface area contributed by atoms with Crippen LogP contribution in [0.3, 0.4) is 0 Å². The van der Waals surface area contributed by atoms with E-state index in [1.807, 2.05) is 0 Å². The van der Waals surface area contributed by atoms with Gasteiger partial charge in [-0.25, -0.2) is 0 Å². The van der Waals surface area contributed by atoms with Gasteiger partial charge < -0.3 is 5.73 Å². The number of hydrogen-bond donors (Lipinski definition) is 1. The monoisotopic (exact) mass is 277 g/mol. The normalized spacial score (nSPS) is 10.5. The Hall–Kier alpha value is -0.820. The Morgan fingerprint density at radius 2 is 1.10 bits per heavy atom. The molecule has 0 fully saturated rings. The molecule has 0 aromatic rings. The van der Waals surface area contributed by atoms with Gasteiger partial charge in [0, 0.05) is 6.54 Å². The molecule has 1 heteroatoms. The van der Waals surface area contributed by atoms with E-state index in [2.05, 4.69) is 26.7 Å². The molecule has 0 rings (SSSR count). The summed E-state index contributed by atoms with van der Waals surface area (Å²) in [6.45, 7) is 14.7. The molecular formula is C19H35N. The van der Waals surface area contributed by atoms with E-state index in [0.717, 1.165) is 18.4 Å². The molecule has 0 heterocycles. The average molecular weight is 277 g/mol. The summed E-state index contributed by atoms with van der Waals surface area (Å²) in [6, 6.07) is 0. The van der Waals surface area contributed by atoms with E-state index in [1.165, 1.54) is 68.9 Å². The van der Waals surface area contributed by atoms with Crippen molar-refractivity contribution in [3.05, 3.63) is 36.5 Å². The van der Waals surface area contributed by atoms with Gasteiger partial charge in [0.25, 0.3) is 0 Å². The highest BCUT2D eigenvalue weighted by molar-refractivity contribution is 5.02. The predicted octanol–water partition coefficient (Wildman–Crippen LogP) is 5.92. The molecule has 20 heavy (non-hydrogen) atoms. The molecule has 0 aliphatic rings. The number of allylic oxidation sites excluding steroid dienone is 2. The van der Waals surface area contributed by atoms with Crippen molar-refractivity contribution in [1.82, 2.24) is 0 Å². The van der Waals surface area contributed by atoms with E-state index < -0.39 is 0 Å². The van der Waals surface area contributed by atoms with Gasteiger partial charge in [-0.05, 0) is 45.4 Å². The zero-order chi connectivity index (χ0) is 15.2. The van der Waals surface area contributed by atoms with Crippen molar-refractivity contribution in [2.75, 3.05) is 6.54 Å². The molecule has 0 spiro atoms. The molecule has 0 saturated carbocycles. The van der Waals surface area contributed by atoms with Crippen molar-refractivity contribution in [3.63, 3.8) is 0 Å². The summed E-state index contributed by atoms with van der Waals surface area (Å²) in [4.78, 5) is 0. The molecule has 2 N–H and O–H groups in total. The van der Waals surface area contributed by atoms with Gasteiger partial charge in [-0.2, -0.15) is 0 Å². The van der Waals surface area contributed by atoms with Crippen LogP contribution in [-0.2, 0) is 0 Å². The van der Waals surface area contributed by atoms with E-state index in [0.29, 0.717) is 6.54 Å². The number of hydrogen-bond acceptors (Lipinski definition) is 1. The summed E-state index contributed by atoms with van der Waals surface area (Å²) in [5, 5.41) is 0. The summed E-state index contributed by atoms with van der Waals surface area (Å²) >= 11 is 0. The SMILES string of the molecule is C=C(C)CCCCCCCCCC(=C)CCC(=C)CN. The largest absolute Gasteiger partial charge is 0.327 e. The van der Waals surface area contributed by atoms with Crippen LogP contribution in [-0.4, -0.2) is 6.54 Å². The Morgan fingerprint density at radius 1 is 0.650 bits per heavy atom. The molecule has 0 radical (unpaired) electrons. The van der Waals surface area contributed by atoms with Crippen molar-refractivity contribution in [2.24, 2.45) is 5.73 Å². The fraction of sp³-hybridized carbons (Fsp3) is 0.684. The molecule has 0 aromatic carbocycles. The van der Waals surface area contributed by atoms with E-state index in [1.54, 1.807) is 0 Å². The van der Waals surface area contributed by atoms with Crippen LogP contribution in [0.1, 0.15) is 77.6 Å². The highest BCUT2D eigenvalue weighted by atomic mass is 14.5. The van der Waals surface area contributed by atoms with E-state index in [-0.39, 0.29) is 0 Å². The number of rotatable bonds is 14. The van der Waals surface area contributed by atoms with Crippen molar-refractivity contribution >= 4 is 0 Å². The first-order chi connectivity index (χ1) is 9.56. The number of nitrogens with two attached hydrogens (primary N) is 1. The molecule has 116 valence electrons. The average Bonchev–Trinajstić information content (AvgIpc) is 2.42. The lowest BCUT2D eigenvalue weighted by Crippen LogP contribution is -2.01. The van der Waals surface area contributed by atoms with Gasteiger partial charge in [-0.15, -0.1) is 6.58 Å². The van der Waals surface area contributed by atoms with Crippen molar-refractivity contribution < 1.29 is 0 Å². The molecule has 0 aliphatic carbocycles. The quantitative estimate of drug-likeness (QED) is 0.309. The van der Waals surface area contributed by atoms with Crippen LogP contribution in [0.15, 0.2) is 36.5 Å². The second kappa shape index (κ2) is 13.2. The molecule has 0 unspecified atom stereocenters. The lowest BCUT2D eigenvalue weighted by Gasteiger charge is -2.07. The third-order valence-corrected chi connectivity index (χ3v) is 3.75. The number of unbranched alkanes of at least 4 members (excludes halogenated alkanes) is 6. The van der Waals surface area contributed by atoms with Crippen LogP contribution in [0.2, 0.25) is 0 Å². The van der Waals surface area contributed by atoms with E-state index in [4.69, 9.17) is 5.73 Å². The van der Waals surface area contributed by atoms with E-state index >= 15 is 0 Å². The minimum atomic E-state index is 0.610. The standard InChI is InChI=1S/C19H35N/c1-17(2)12-10-8-6-5-7-9-11-13-18(3)14-15-19(4)16-20/h1,3-16,20H2,2H3. The maximum absolute atomic E-state index is 5.53. The molecule has 0 aliphatic heterocycles. The van der Waals surface area contributed by atoms with Crippen molar-refractivity contribution in [2.45, 2.75) is 77.6 Å². The van der Waals surface area contributed by atoms with Gasteiger partial charge >= 0.3 is 0 Å². The Morgan fingerprint density at radius 3 is 1.60 bits per heavy atom.